The second kappa shape index (κ2) is 17.8. The molecule has 1 heterocycles. The van der Waals surface area contributed by atoms with Crippen molar-refractivity contribution in [1.29, 1.82) is 0 Å². The Balaban J connectivity index is 0.000000331. The smallest absolute Gasteiger partial charge is 0.421 e. The van der Waals surface area contributed by atoms with E-state index in [9.17, 15) is 9.59 Å². The molecule has 0 bridgehead atoms. The lowest BCUT2D eigenvalue weighted by molar-refractivity contribution is -0.657. The number of alkyl halides is 2. The molecule has 9 nitrogen and oxygen atoms in total. The van der Waals surface area contributed by atoms with Crippen LogP contribution >= 0.6 is 53.4 Å². The number of rotatable bonds is 12. The first-order valence-electron chi connectivity index (χ1n) is 9.87. The molecule has 2 aromatic rings. The summed E-state index contributed by atoms with van der Waals surface area (Å²) in [4.78, 5) is 21.7. The summed E-state index contributed by atoms with van der Waals surface area (Å²) in [5.74, 6) is 3.37. The van der Waals surface area contributed by atoms with Gasteiger partial charge in [-0.25, -0.2) is 9.13 Å². The van der Waals surface area contributed by atoms with Crippen LogP contribution in [0.5, 0.6) is 5.75 Å². The highest BCUT2D eigenvalue weighted by Gasteiger charge is 2.10. The quantitative estimate of drug-likeness (QED) is 0.123. The highest BCUT2D eigenvalue weighted by molar-refractivity contribution is 9.09. The molecular formula is C20H29Br2N6O3S2+. The number of benzene rings is 1. The molecule has 0 saturated carbocycles. The number of imidazole rings is 1. The molecule has 0 fully saturated rings. The van der Waals surface area contributed by atoms with Gasteiger partial charge in [0.25, 0.3) is 0 Å². The molecule has 0 saturated heterocycles. The first kappa shape index (κ1) is 29.5. The number of amides is 2. The summed E-state index contributed by atoms with van der Waals surface area (Å²) in [7, 11) is 8.88. The molecular weight excluding hydrogens is 596 g/mol. The highest BCUT2D eigenvalue weighted by Crippen LogP contribution is 2.20. The van der Waals surface area contributed by atoms with Crippen molar-refractivity contribution in [3.63, 3.8) is 0 Å². The Hall–Kier alpha value is -1.57. The van der Waals surface area contributed by atoms with Gasteiger partial charge in [-0.1, -0.05) is 58.6 Å². The number of hydrogen-bond donors (Lipinski definition) is 2. The number of carbonyl (C=O) groups excluding carboxylic acids is 2. The number of methoxy groups -OCH3 is 1. The van der Waals surface area contributed by atoms with Crippen LogP contribution in [-0.2, 0) is 23.7 Å². The maximum atomic E-state index is 10.8. The Morgan fingerprint density at radius 3 is 2.00 bits per heavy atom. The van der Waals surface area contributed by atoms with Crippen LogP contribution in [0.2, 0.25) is 0 Å². The summed E-state index contributed by atoms with van der Waals surface area (Å²) < 4.78 is 8.90. The number of aryl methyl sites for hydroxylation is 2. The second-order valence-electron chi connectivity index (χ2n) is 6.33. The number of ether oxygens (including phenoxy) is 1. The molecule has 2 amide bonds. The van der Waals surface area contributed by atoms with Gasteiger partial charge in [-0.2, -0.15) is 0 Å². The number of nitrogens with zero attached hydrogens (tertiary/aromatic N) is 4. The van der Waals surface area contributed by atoms with Gasteiger partial charge in [-0.05, 0) is 24.3 Å². The maximum absolute atomic E-state index is 10.8. The van der Waals surface area contributed by atoms with E-state index in [1.165, 1.54) is 0 Å². The Labute approximate surface area is 219 Å². The van der Waals surface area contributed by atoms with Crippen molar-refractivity contribution >= 4 is 76.9 Å². The molecule has 0 aliphatic rings. The van der Waals surface area contributed by atoms with Crippen molar-refractivity contribution < 1.29 is 18.9 Å². The Kier molecular flexibility index (Phi) is 15.9. The fourth-order valence-electron chi connectivity index (χ4n) is 2.15. The van der Waals surface area contributed by atoms with Crippen LogP contribution in [0.25, 0.3) is 0 Å². The van der Waals surface area contributed by atoms with E-state index in [1.54, 1.807) is 28.7 Å². The second-order valence-corrected chi connectivity index (χ2v) is 10.2. The van der Waals surface area contributed by atoms with Gasteiger partial charge in [-0.15, -0.1) is 0 Å². The van der Waals surface area contributed by atoms with Gasteiger partial charge in [0.15, 0.2) is 0 Å². The third-order valence-electron chi connectivity index (χ3n) is 3.81. The molecule has 0 unspecified atom stereocenters. The molecule has 0 aliphatic heterocycles. The van der Waals surface area contributed by atoms with E-state index in [2.05, 4.69) is 52.7 Å². The molecule has 13 heteroatoms. The van der Waals surface area contributed by atoms with Gasteiger partial charge >= 0.3 is 5.95 Å². The Morgan fingerprint density at radius 1 is 1.03 bits per heavy atom. The first-order valence-corrected chi connectivity index (χ1v) is 14.6. The fourth-order valence-corrected chi connectivity index (χ4v) is 4.36. The Bertz CT molecular complexity index is 840. The lowest BCUT2D eigenvalue weighted by Crippen LogP contribution is -2.27. The van der Waals surface area contributed by atoms with Crippen LogP contribution in [0, 0.1) is 0 Å². The molecule has 0 aliphatic carbocycles. The predicted octanol–water partition coefficient (Wildman–Crippen LogP) is 3.66. The molecule has 0 spiro atoms. The molecule has 0 atom stereocenters. The molecule has 1 aromatic carbocycles. The molecule has 2 N–H and O–H groups in total. The zero-order valence-corrected chi connectivity index (χ0v) is 23.6. The first-order chi connectivity index (χ1) is 15.9. The SMILES string of the molecule is COc1ccc(N=Nc2n(C)cc[n+]2C)cc1.O=C(CBr)NCCSSCCNC(=O)CBr. The van der Waals surface area contributed by atoms with Crippen molar-refractivity contribution in [2.24, 2.45) is 24.3 Å². The molecule has 182 valence electrons. The van der Waals surface area contributed by atoms with Crippen LogP contribution in [0.3, 0.4) is 0 Å². The van der Waals surface area contributed by atoms with E-state index in [4.69, 9.17) is 4.74 Å². The number of azo groups is 1. The summed E-state index contributed by atoms with van der Waals surface area (Å²) in [6.45, 7) is 1.35. The molecule has 1 aromatic heterocycles. The lowest BCUT2D eigenvalue weighted by Gasteiger charge is -2.03. The average Bonchev–Trinajstić information content (AvgIpc) is 3.16. The fraction of sp³-hybridized carbons (Fsp3) is 0.450. The van der Waals surface area contributed by atoms with E-state index in [0.29, 0.717) is 23.7 Å². The standard InChI is InChI=1S/C12H15N4O.C8H14Br2N2O2S2/c1-15-8-9-16(2)12(15)14-13-10-4-6-11(17-3)7-5-10;9-5-7(13)11-1-3-15-16-4-2-12-8(14)6-10/h4-9H,1-3H3;1-6H2,(H,11,13)(H,12,14)/q+1;. The monoisotopic (exact) mass is 623 g/mol. The van der Waals surface area contributed by atoms with Crippen LogP contribution in [0.15, 0.2) is 46.9 Å². The van der Waals surface area contributed by atoms with Gasteiger partial charge in [0.05, 0.1) is 44.3 Å². The Morgan fingerprint density at radius 2 is 1.58 bits per heavy atom. The summed E-state index contributed by atoms with van der Waals surface area (Å²) in [6, 6.07) is 7.45. The van der Waals surface area contributed by atoms with Crippen molar-refractivity contribution in [3.8, 4) is 5.75 Å². The third kappa shape index (κ3) is 13.0. The zero-order valence-electron chi connectivity index (χ0n) is 18.8. The van der Waals surface area contributed by atoms with E-state index in [0.717, 1.165) is 28.9 Å². The van der Waals surface area contributed by atoms with E-state index >= 15 is 0 Å². The summed E-state index contributed by atoms with van der Waals surface area (Å²) in [6.07, 6.45) is 3.87. The summed E-state index contributed by atoms with van der Waals surface area (Å²) >= 11 is 6.14. The van der Waals surface area contributed by atoms with Gasteiger partial charge in [0, 0.05) is 29.7 Å². The molecule has 2 rings (SSSR count). The predicted molar refractivity (Wildman–Crippen MR) is 142 cm³/mol. The lowest BCUT2D eigenvalue weighted by atomic mass is 10.3. The van der Waals surface area contributed by atoms with Crippen molar-refractivity contribution in [2.45, 2.75) is 0 Å². The third-order valence-corrected chi connectivity index (χ3v) is 7.24. The van der Waals surface area contributed by atoms with Gasteiger partial charge in [-0.3, -0.25) is 9.59 Å². The number of hydrogen-bond acceptors (Lipinski definition) is 7. The molecule has 33 heavy (non-hydrogen) atoms. The van der Waals surface area contributed by atoms with E-state index in [-0.39, 0.29) is 11.8 Å². The largest absolute Gasteiger partial charge is 0.497 e. The van der Waals surface area contributed by atoms with Gasteiger partial charge < -0.3 is 15.4 Å². The number of halogens is 2. The minimum Gasteiger partial charge on any atom is -0.497 e. The minimum absolute atomic E-state index is 0.00943. The number of nitrogens with one attached hydrogen (secondary N) is 2. The van der Waals surface area contributed by atoms with Crippen molar-refractivity contribution in [2.75, 3.05) is 42.4 Å². The van der Waals surface area contributed by atoms with Crippen LogP contribution < -0.4 is 19.9 Å². The van der Waals surface area contributed by atoms with Crippen molar-refractivity contribution in [1.82, 2.24) is 15.2 Å². The van der Waals surface area contributed by atoms with Gasteiger partial charge in [0.1, 0.15) is 11.4 Å². The van der Waals surface area contributed by atoms with Crippen LogP contribution in [-0.4, -0.2) is 58.7 Å². The van der Waals surface area contributed by atoms with Crippen molar-refractivity contribution in [3.05, 3.63) is 36.7 Å². The highest BCUT2D eigenvalue weighted by atomic mass is 79.9. The topological polar surface area (TPSA) is 101 Å². The molecule has 0 radical (unpaired) electrons. The summed E-state index contributed by atoms with van der Waals surface area (Å²) in [5, 5.41) is 14.6. The zero-order chi connectivity index (χ0) is 24.5. The number of aromatic nitrogens is 2. The van der Waals surface area contributed by atoms with E-state index in [1.807, 2.05) is 59.9 Å². The number of carbonyl (C=O) groups is 2. The van der Waals surface area contributed by atoms with Gasteiger partial charge in [0.2, 0.25) is 11.8 Å². The van der Waals surface area contributed by atoms with E-state index < -0.39 is 0 Å². The average molecular weight is 625 g/mol. The van der Waals surface area contributed by atoms with Crippen LogP contribution in [0.1, 0.15) is 0 Å². The maximum Gasteiger partial charge on any atom is 0.421 e. The minimum atomic E-state index is 0.00943. The summed E-state index contributed by atoms with van der Waals surface area (Å²) in [5.41, 5.74) is 0.798. The normalized spacial score (nSPS) is 10.5. The van der Waals surface area contributed by atoms with Crippen LogP contribution in [0.4, 0.5) is 11.6 Å².